The molecule has 0 aromatic heterocycles. The van der Waals surface area contributed by atoms with Gasteiger partial charge in [0.15, 0.2) is 0 Å². The molecule has 0 heterocycles. The van der Waals surface area contributed by atoms with Gasteiger partial charge < -0.3 is 14.8 Å². The van der Waals surface area contributed by atoms with Gasteiger partial charge in [0.1, 0.15) is 11.5 Å². The number of anilines is 1. The van der Waals surface area contributed by atoms with Gasteiger partial charge in [-0.2, -0.15) is 5.10 Å². The van der Waals surface area contributed by atoms with Crippen LogP contribution >= 0.6 is 0 Å². The Kier molecular flexibility index (Phi) is 7.23. The molecule has 0 saturated heterocycles. The van der Waals surface area contributed by atoms with Gasteiger partial charge in [-0.25, -0.2) is 5.43 Å². The first-order valence-electron chi connectivity index (χ1n) is 9.94. The molecule has 0 unspecified atom stereocenters. The second-order valence-corrected chi connectivity index (χ2v) is 7.22. The van der Waals surface area contributed by atoms with E-state index in [1.54, 1.807) is 36.5 Å². The number of hydrogen-bond acceptors (Lipinski definition) is 5. The molecular formula is C25H25N3O4. The molecule has 2 N–H and O–H groups in total. The lowest BCUT2D eigenvalue weighted by molar-refractivity contribution is 0.0956. The minimum Gasteiger partial charge on any atom is -0.497 e. The van der Waals surface area contributed by atoms with Gasteiger partial charge in [0.25, 0.3) is 11.8 Å². The van der Waals surface area contributed by atoms with Crippen molar-refractivity contribution in [3.05, 3.63) is 88.5 Å². The SMILES string of the molecule is COc1cc(OC)cc(C(=O)Nc2ccc(C)cc2C(=O)N/N=C/c2cccc(C)c2)c1. The molecule has 3 aromatic rings. The standard InChI is InChI=1S/C25H25N3O4/c1-16-6-5-7-18(10-16)15-26-28-25(30)22-11-17(2)8-9-23(22)27-24(29)19-12-20(31-3)14-21(13-19)32-4/h5-15H,1-4H3,(H,27,29)(H,28,30)/b26-15+. The summed E-state index contributed by atoms with van der Waals surface area (Å²) in [6.07, 6.45) is 1.57. The first kappa shape index (κ1) is 22.6. The molecule has 7 heteroatoms. The smallest absolute Gasteiger partial charge is 0.273 e. The Hall–Kier alpha value is -4.13. The Morgan fingerprint density at radius 1 is 0.844 bits per heavy atom. The molecule has 0 saturated carbocycles. The molecule has 0 spiro atoms. The lowest BCUT2D eigenvalue weighted by Gasteiger charge is -2.12. The fraction of sp³-hybridized carbons (Fsp3) is 0.160. The average molecular weight is 431 g/mol. The van der Waals surface area contributed by atoms with Crippen molar-refractivity contribution in [2.75, 3.05) is 19.5 Å². The highest BCUT2D eigenvalue weighted by Crippen LogP contribution is 2.24. The molecule has 0 aliphatic carbocycles. The minimum absolute atomic E-state index is 0.301. The molecule has 0 atom stereocenters. The maximum atomic E-state index is 12.9. The van der Waals surface area contributed by atoms with Crippen LogP contribution in [0.15, 0.2) is 65.8 Å². The van der Waals surface area contributed by atoms with Crippen molar-refractivity contribution in [3.63, 3.8) is 0 Å². The molecule has 0 fully saturated rings. The van der Waals surface area contributed by atoms with Crippen LogP contribution in [0, 0.1) is 13.8 Å². The number of hydrazone groups is 1. The number of carbonyl (C=O) groups excluding carboxylic acids is 2. The normalized spacial score (nSPS) is 10.6. The highest BCUT2D eigenvalue weighted by Gasteiger charge is 2.16. The molecule has 3 aromatic carbocycles. The molecule has 7 nitrogen and oxygen atoms in total. The van der Waals surface area contributed by atoms with Crippen molar-refractivity contribution in [3.8, 4) is 11.5 Å². The zero-order valence-corrected chi connectivity index (χ0v) is 18.4. The highest BCUT2D eigenvalue weighted by atomic mass is 16.5. The number of methoxy groups -OCH3 is 2. The number of carbonyl (C=O) groups is 2. The molecular weight excluding hydrogens is 406 g/mol. The monoisotopic (exact) mass is 431 g/mol. The Morgan fingerprint density at radius 3 is 2.19 bits per heavy atom. The summed E-state index contributed by atoms with van der Waals surface area (Å²) < 4.78 is 10.4. The van der Waals surface area contributed by atoms with Crippen LogP contribution in [-0.2, 0) is 0 Å². The van der Waals surface area contributed by atoms with E-state index in [2.05, 4.69) is 15.8 Å². The second kappa shape index (κ2) is 10.3. The van der Waals surface area contributed by atoms with E-state index in [9.17, 15) is 9.59 Å². The third kappa shape index (κ3) is 5.72. The number of nitrogens with one attached hydrogen (secondary N) is 2. The topological polar surface area (TPSA) is 89.0 Å². The second-order valence-electron chi connectivity index (χ2n) is 7.22. The van der Waals surface area contributed by atoms with Gasteiger partial charge in [-0.05, 0) is 43.7 Å². The summed E-state index contributed by atoms with van der Waals surface area (Å²) in [6.45, 7) is 3.85. The Balaban J connectivity index is 1.80. The van der Waals surface area contributed by atoms with Gasteiger partial charge in [-0.15, -0.1) is 0 Å². The number of amides is 2. The van der Waals surface area contributed by atoms with Crippen molar-refractivity contribution in [2.24, 2.45) is 5.10 Å². The fourth-order valence-corrected chi connectivity index (χ4v) is 3.06. The number of benzene rings is 3. The van der Waals surface area contributed by atoms with Crippen LogP contribution in [0.25, 0.3) is 0 Å². The van der Waals surface area contributed by atoms with Gasteiger partial charge >= 0.3 is 0 Å². The summed E-state index contributed by atoms with van der Waals surface area (Å²) >= 11 is 0. The molecule has 2 amide bonds. The lowest BCUT2D eigenvalue weighted by Crippen LogP contribution is -2.21. The van der Waals surface area contributed by atoms with Crippen molar-refractivity contribution < 1.29 is 19.1 Å². The minimum atomic E-state index is -0.434. The maximum Gasteiger partial charge on any atom is 0.273 e. The van der Waals surface area contributed by atoms with Gasteiger partial charge in [-0.1, -0.05) is 41.5 Å². The molecule has 0 radical (unpaired) electrons. The summed E-state index contributed by atoms with van der Waals surface area (Å²) in [5, 5.41) is 6.83. The van der Waals surface area contributed by atoms with E-state index in [1.807, 2.05) is 44.2 Å². The molecule has 0 aliphatic heterocycles. The largest absolute Gasteiger partial charge is 0.497 e. The summed E-state index contributed by atoms with van der Waals surface area (Å²) in [5.41, 5.74) is 6.37. The summed E-state index contributed by atoms with van der Waals surface area (Å²) in [7, 11) is 3.02. The first-order chi connectivity index (χ1) is 15.4. The maximum absolute atomic E-state index is 12.9. The van der Waals surface area contributed by atoms with Crippen LogP contribution in [0.3, 0.4) is 0 Å². The van der Waals surface area contributed by atoms with Crippen LogP contribution < -0.4 is 20.2 Å². The number of nitrogens with zero attached hydrogens (tertiary/aromatic N) is 1. The zero-order chi connectivity index (χ0) is 23.1. The Bertz CT molecular complexity index is 1150. The number of aryl methyl sites for hydroxylation is 2. The predicted octanol–water partition coefficient (Wildman–Crippen LogP) is 4.34. The van der Waals surface area contributed by atoms with E-state index in [-0.39, 0.29) is 0 Å². The van der Waals surface area contributed by atoms with Crippen molar-refractivity contribution >= 4 is 23.7 Å². The Morgan fingerprint density at radius 2 is 1.53 bits per heavy atom. The van der Waals surface area contributed by atoms with E-state index in [1.165, 1.54) is 14.2 Å². The molecule has 164 valence electrons. The van der Waals surface area contributed by atoms with E-state index in [0.29, 0.717) is 28.3 Å². The summed E-state index contributed by atoms with van der Waals surface area (Å²) in [4.78, 5) is 25.6. The quantitative estimate of drug-likeness (QED) is 0.430. The van der Waals surface area contributed by atoms with Gasteiger partial charge in [-0.3, -0.25) is 9.59 Å². The Labute approximate surface area is 187 Å². The number of rotatable bonds is 7. The average Bonchev–Trinajstić information content (AvgIpc) is 2.79. The van der Waals surface area contributed by atoms with Crippen LogP contribution in [0.1, 0.15) is 37.4 Å². The molecule has 0 bridgehead atoms. The van der Waals surface area contributed by atoms with Crippen LogP contribution in [-0.4, -0.2) is 32.2 Å². The lowest BCUT2D eigenvalue weighted by atomic mass is 10.1. The predicted molar refractivity (Wildman–Crippen MR) is 125 cm³/mol. The van der Waals surface area contributed by atoms with E-state index in [0.717, 1.165) is 16.7 Å². The van der Waals surface area contributed by atoms with Crippen molar-refractivity contribution in [2.45, 2.75) is 13.8 Å². The third-order valence-corrected chi connectivity index (χ3v) is 4.70. The van der Waals surface area contributed by atoms with Gasteiger partial charge in [0, 0.05) is 11.6 Å². The molecule has 3 rings (SSSR count). The van der Waals surface area contributed by atoms with Gasteiger partial charge in [0.2, 0.25) is 0 Å². The third-order valence-electron chi connectivity index (χ3n) is 4.70. The number of hydrogen-bond donors (Lipinski definition) is 2. The van der Waals surface area contributed by atoms with Crippen LogP contribution in [0.4, 0.5) is 5.69 Å². The highest BCUT2D eigenvalue weighted by molar-refractivity contribution is 6.09. The van der Waals surface area contributed by atoms with E-state index in [4.69, 9.17) is 9.47 Å². The van der Waals surface area contributed by atoms with Crippen LogP contribution in [0.5, 0.6) is 11.5 Å². The molecule has 32 heavy (non-hydrogen) atoms. The summed E-state index contributed by atoms with van der Waals surface area (Å²) in [5.74, 6) is 0.142. The summed E-state index contributed by atoms with van der Waals surface area (Å²) in [6, 6.07) is 17.8. The van der Waals surface area contributed by atoms with E-state index >= 15 is 0 Å². The zero-order valence-electron chi connectivity index (χ0n) is 18.4. The van der Waals surface area contributed by atoms with Crippen LogP contribution in [0.2, 0.25) is 0 Å². The van der Waals surface area contributed by atoms with E-state index < -0.39 is 11.8 Å². The van der Waals surface area contributed by atoms with Gasteiger partial charge in [0.05, 0.1) is 31.7 Å². The van der Waals surface area contributed by atoms with Crippen molar-refractivity contribution in [1.29, 1.82) is 0 Å². The molecule has 0 aliphatic rings. The first-order valence-corrected chi connectivity index (χ1v) is 9.94. The number of ether oxygens (including phenoxy) is 2. The van der Waals surface area contributed by atoms with Crippen molar-refractivity contribution in [1.82, 2.24) is 5.43 Å². The fourth-order valence-electron chi connectivity index (χ4n) is 3.06.